The molecule has 1 N–H and O–H groups in total. The maximum atomic E-state index is 13.9. The molecule has 6 rings (SSSR count). The lowest BCUT2D eigenvalue weighted by Gasteiger charge is -2.41. The smallest absolute Gasteiger partial charge is 0.410 e. The van der Waals surface area contributed by atoms with E-state index in [-0.39, 0.29) is 56.2 Å². The molecular weight excluding hydrogens is 594 g/mol. The molecule has 4 aliphatic heterocycles. The number of carbonyl (C=O) groups excluding carboxylic acids is 3. The number of hydrogen-bond acceptors (Lipinski definition) is 10. The lowest BCUT2D eigenvalue weighted by atomic mass is 9.96. The van der Waals surface area contributed by atoms with Gasteiger partial charge in [0.2, 0.25) is 5.91 Å². The Morgan fingerprint density at radius 1 is 1.04 bits per heavy atom. The van der Waals surface area contributed by atoms with E-state index in [9.17, 15) is 14.4 Å². The van der Waals surface area contributed by atoms with Crippen LogP contribution in [0.2, 0.25) is 0 Å². The molecule has 0 unspecified atom stereocenters. The number of para-hydroxylation sites is 1. The second kappa shape index (κ2) is 13.9. The van der Waals surface area contributed by atoms with Crippen LogP contribution in [0.25, 0.3) is 0 Å². The molecule has 46 heavy (non-hydrogen) atoms. The first-order valence-electron chi connectivity index (χ1n) is 16.3. The zero-order chi connectivity index (χ0) is 32.3. The molecule has 250 valence electrons. The Kier molecular flexibility index (Phi) is 9.76. The van der Waals surface area contributed by atoms with Crippen LogP contribution in [0.1, 0.15) is 62.1 Å². The van der Waals surface area contributed by atoms with Crippen LogP contribution in [0.3, 0.4) is 0 Å². The molecule has 2 bridgehead atoms. The summed E-state index contributed by atoms with van der Waals surface area (Å²) in [6.07, 6.45) is 3.20. The van der Waals surface area contributed by atoms with Crippen molar-refractivity contribution in [3.63, 3.8) is 0 Å². The van der Waals surface area contributed by atoms with E-state index in [0.29, 0.717) is 44.1 Å². The fourth-order valence-corrected chi connectivity index (χ4v) is 6.47. The number of aromatic nitrogens is 3. The third-order valence-corrected chi connectivity index (χ3v) is 8.86. The Morgan fingerprint density at radius 2 is 1.85 bits per heavy atom. The number of carbonyl (C=O) groups is 3. The van der Waals surface area contributed by atoms with Gasteiger partial charge in [0.25, 0.3) is 5.91 Å². The lowest BCUT2D eigenvalue weighted by molar-refractivity contribution is -0.130. The monoisotopic (exact) mass is 639 g/mol. The van der Waals surface area contributed by atoms with Crippen molar-refractivity contribution in [2.75, 3.05) is 59.1 Å². The van der Waals surface area contributed by atoms with Crippen molar-refractivity contribution in [2.45, 2.75) is 76.5 Å². The second-order valence-corrected chi connectivity index (χ2v) is 13.3. The van der Waals surface area contributed by atoms with Gasteiger partial charge in [0.1, 0.15) is 17.4 Å². The maximum Gasteiger partial charge on any atom is 0.410 e. The molecule has 0 saturated carbocycles. The highest BCUT2D eigenvalue weighted by Crippen LogP contribution is 2.31. The molecule has 14 nitrogen and oxygen atoms in total. The van der Waals surface area contributed by atoms with Gasteiger partial charge in [-0.05, 0) is 45.7 Å². The van der Waals surface area contributed by atoms with E-state index in [1.807, 2.05) is 16.9 Å². The van der Waals surface area contributed by atoms with Crippen LogP contribution in [0.5, 0.6) is 5.75 Å². The van der Waals surface area contributed by atoms with Crippen LogP contribution in [-0.4, -0.2) is 131 Å². The van der Waals surface area contributed by atoms with Gasteiger partial charge in [0.15, 0.2) is 0 Å². The van der Waals surface area contributed by atoms with Gasteiger partial charge in [-0.3, -0.25) is 14.5 Å². The summed E-state index contributed by atoms with van der Waals surface area (Å²) in [5.41, 5.74) is 0.559. The van der Waals surface area contributed by atoms with Gasteiger partial charge >= 0.3 is 6.09 Å². The molecule has 0 aliphatic carbocycles. The Morgan fingerprint density at radius 3 is 2.65 bits per heavy atom. The van der Waals surface area contributed by atoms with E-state index in [1.54, 1.807) is 39.0 Å². The molecular formula is C32H45N7O7. The topological polar surface area (TPSA) is 141 Å². The predicted octanol–water partition coefficient (Wildman–Crippen LogP) is 1.86. The summed E-state index contributed by atoms with van der Waals surface area (Å²) < 4.78 is 25.7. The van der Waals surface area contributed by atoms with Crippen molar-refractivity contribution in [2.24, 2.45) is 0 Å². The highest BCUT2D eigenvalue weighted by atomic mass is 16.6. The maximum absolute atomic E-state index is 13.9. The number of hydrogen-bond donors (Lipinski definition) is 1. The van der Waals surface area contributed by atoms with Crippen molar-refractivity contribution in [3.8, 4) is 5.75 Å². The predicted molar refractivity (Wildman–Crippen MR) is 165 cm³/mol. The van der Waals surface area contributed by atoms with E-state index in [4.69, 9.17) is 18.9 Å². The van der Waals surface area contributed by atoms with Gasteiger partial charge in [0, 0.05) is 45.7 Å². The molecule has 14 heteroatoms. The Balaban J connectivity index is 1.23. The molecule has 5 heterocycles. The standard InChI is InChI=1S/C32H45N7O7/c1-32(2,3)46-31(42)37-11-12-38-26(21-37)29(40)33-18-28-25(39-20-22(34-35-39)19-36-13-16-43-17-14-36)9-8-23(45-28)10-15-44-27-7-5-4-6-24(27)30(38)41/h4-7,20,23,25-26,28H,8-19,21H2,1-3H3,(H,33,40)/t23-,25+,26-,28+/m0/s1. The van der Waals surface area contributed by atoms with Crippen LogP contribution in [0.15, 0.2) is 30.5 Å². The molecule has 1 aromatic heterocycles. The minimum atomic E-state index is -0.936. The van der Waals surface area contributed by atoms with E-state index >= 15 is 0 Å². The molecule has 4 atom stereocenters. The van der Waals surface area contributed by atoms with Crippen LogP contribution in [0.4, 0.5) is 4.79 Å². The Hall–Kier alpha value is -3.75. The number of morpholine rings is 1. The summed E-state index contributed by atoms with van der Waals surface area (Å²) >= 11 is 0. The van der Waals surface area contributed by atoms with Crippen molar-refractivity contribution in [1.29, 1.82) is 0 Å². The zero-order valence-electron chi connectivity index (χ0n) is 26.9. The zero-order valence-corrected chi connectivity index (χ0v) is 26.9. The van der Waals surface area contributed by atoms with Gasteiger partial charge in [-0.15, -0.1) is 5.10 Å². The highest BCUT2D eigenvalue weighted by molar-refractivity contribution is 6.00. The fourth-order valence-electron chi connectivity index (χ4n) is 6.47. The average molecular weight is 640 g/mol. The molecule has 2 aromatic rings. The van der Waals surface area contributed by atoms with Gasteiger partial charge < -0.3 is 34.1 Å². The first-order chi connectivity index (χ1) is 22.1. The highest BCUT2D eigenvalue weighted by Gasteiger charge is 2.41. The minimum Gasteiger partial charge on any atom is -0.493 e. The fraction of sp³-hybridized carbons (Fsp3) is 0.656. The van der Waals surface area contributed by atoms with Crippen LogP contribution in [-0.2, 0) is 25.5 Å². The quantitative estimate of drug-likeness (QED) is 0.529. The third-order valence-electron chi connectivity index (χ3n) is 8.86. The second-order valence-electron chi connectivity index (χ2n) is 13.3. The summed E-state index contributed by atoms with van der Waals surface area (Å²) in [6, 6.07) is 6.00. The Bertz CT molecular complexity index is 1390. The number of piperazine rings is 1. The van der Waals surface area contributed by atoms with Crippen LogP contribution >= 0.6 is 0 Å². The number of amides is 3. The van der Waals surface area contributed by atoms with Gasteiger partial charge in [-0.2, -0.15) is 0 Å². The molecule has 0 radical (unpaired) electrons. The summed E-state index contributed by atoms with van der Waals surface area (Å²) in [5.74, 6) is -0.228. The number of rotatable bonds is 3. The number of fused-ring (bicyclic) bond motifs is 4. The van der Waals surface area contributed by atoms with Gasteiger partial charge in [0.05, 0.1) is 62.1 Å². The van der Waals surface area contributed by atoms with Crippen LogP contribution in [0, 0.1) is 0 Å². The van der Waals surface area contributed by atoms with E-state index in [1.165, 1.54) is 9.80 Å². The average Bonchev–Trinajstić information content (AvgIpc) is 3.50. The normalized spacial score (nSPS) is 26.7. The van der Waals surface area contributed by atoms with E-state index < -0.39 is 17.7 Å². The van der Waals surface area contributed by atoms with Crippen molar-refractivity contribution >= 4 is 17.9 Å². The van der Waals surface area contributed by atoms with Gasteiger partial charge in [-0.1, -0.05) is 17.3 Å². The number of ether oxygens (including phenoxy) is 4. The lowest BCUT2D eigenvalue weighted by Crippen LogP contribution is -2.62. The summed E-state index contributed by atoms with van der Waals surface area (Å²) in [5, 5.41) is 12.0. The molecule has 1 aromatic carbocycles. The SMILES string of the molecule is CC(C)(C)OC(=O)N1CCN2C(=O)c3ccccc3OCC[C@@H]3CC[C@@H](n4cc(CN5CCOCC5)nn4)[C@@H](CNC(=O)[C@@H]2C1)O3. The van der Waals surface area contributed by atoms with E-state index in [0.717, 1.165) is 31.6 Å². The van der Waals surface area contributed by atoms with Gasteiger partial charge in [-0.25, -0.2) is 9.48 Å². The van der Waals surface area contributed by atoms with Crippen molar-refractivity contribution < 1.29 is 33.3 Å². The Labute approximate surface area is 269 Å². The number of benzene rings is 1. The van der Waals surface area contributed by atoms with E-state index in [2.05, 4.69) is 20.5 Å². The summed E-state index contributed by atoms with van der Waals surface area (Å²) in [4.78, 5) is 46.2. The molecule has 3 amide bonds. The molecule has 4 aliphatic rings. The first kappa shape index (κ1) is 32.2. The molecule has 0 spiro atoms. The number of nitrogens with one attached hydrogen (secondary N) is 1. The summed E-state index contributed by atoms with van der Waals surface area (Å²) in [6.45, 7) is 10.2. The number of nitrogens with zero attached hydrogens (tertiary/aromatic N) is 6. The largest absolute Gasteiger partial charge is 0.493 e. The minimum absolute atomic E-state index is 0.00106. The molecule has 3 fully saturated rings. The molecule has 3 saturated heterocycles. The van der Waals surface area contributed by atoms with Crippen molar-refractivity contribution in [3.05, 3.63) is 41.7 Å². The van der Waals surface area contributed by atoms with Crippen molar-refractivity contribution in [1.82, 2.24) is 35.0 Å². The first-order valence-corrected chi connectivity index (χ1v) is 16.3. The summed E-state index contributed by atoms with van der Waals surface area (Å²) in [7, 11) is 0. The third kappa shape index (κ3) is 7.61. The van der Waals surface area contributed by atoms with Crippen LogP contribution < -0.4 is 10.1 Å².